The Kier molecular flexibility index (Phi) is 7.69. The number of hydrogen-bond donors (Lipinski definition) is 3. The van der Waals surface area contributed by atoms with E-state index in [0.717, 1.165) is 72.2 Å². The zero-order valence-corrected chi connectivity index (χ0v) is 21.4. The largest absolute Gasteiger partial charge is 0.349 e. The SMILES string of the molecule is Cc1cc(NC(=O)C2CCCCCC2)ccc1-c1nc2cc(C(=O)NC3CCCCCC3)ccc2[nH]1. The highest BCUT2D eigenvalue weighted by Gasteiger charge is 2.21. The first-order chi connectivity index (χ1) is 17.6. The summed E-state index contributed by atoms with van der Waals surface area (Å²) in [5, 5.41) is 6.35. The smallest absolute Gasteiger partial charge is 0.251 e. The van der Waals surface area contributed by atoms with E-state index in [1.54, 1.807) is 0 Å². The molecule has 0 saturated heterocycles. The molecule has 1 aromatic heterocycles. The van der Waals surface area contributed by atoms with Gasteiger partial charge in [0.05, 0.1) is 11.0 Å². The van der Waals surface area contributed by atoms with E-state index in [2.05, 4.69) is 15.6 Å². The number of nitrogens with zero attached hydrogens (tertiary/aromatic N) is 1. The fourth-order valence-corrected chi connectivity index (χ4v) is 5.76. The molecule has 0 spiro atoms. The van der Waals surface area contributed by atoms with Crippen LogP contribution in [0, 0.1) is 12.8 Å². The Labute approximate surface area is 213 Å². The number of aromatic amines is 1. The summed E-state index contributed by atoms with van der Waals surface area (Å²) in [6.07, 6.45) is 13.8. The van der Waals surface area contributed by atoms with Gasteiger partial charge in [-0.3, -0.25) is 9.59 Å². The van der Waals surface area contributed by atoms with Gasteiger partial charge in [-0.1, -0.05) is 51.4 Å². The molecule has 0 atom stereocenters. The minimum atomic E-state index is -0.0155. The second-order valence-electron chi connectivity index (χ2n) is 10.7. The summed E-state index contributed by atoms with van der Waals surface area (Å²) >= 11 is 0. The van der Waals surface area contributed by atoms with Gasteiger partial charge >= 0.3 is 0 Å². The van der Waals surface area contributed by atoms with Crippen LogP contribution in [0.25, 0.3) is 22.4 Å². The minimum absolute atomic E-state index is 0.0155. The molecule has 5 rings (SSSR count). The van der Waals surface area contributed by atoms with Gasteiger partial charge in [0.15, 0.2) is 0 Å². The number of hydrogen-bond acceptors (Lipinski definition) is 3. The summed E-state index contributed by atoms with van der Waals surface area (Å²) in [6.45, 7) is 2.04. The monoisotopic (exact) mass is 486 g/mol. The van der Waals surface area contributed by atoms with Gasteiger partial charge < -0.3 is 15.6 Å². The molecular weight excluding hydrogens is 448 g/mol. The fraction of sp³-hybridized carbons (Fsp3) is 0.500. The number of H-pyrrole nitrogens is 1. The number of nitrogens with one attached hydrogen (secondary N) is 3. The molecule has 2 aromatic carbocycles. The molecule has 190 valence electrons. The van der Waals surface area contributed by atoms with E-state index in [-0.39, 0.29) is 23.8 Å². The van der Waals surface area contributed by atoms with Gasteiger partial charge in [-0.15, -0.1) is 0 Å². The highest BCUT2D eigenvalue weighted by Crippen LogP contribution is 2.28. The molecule has 1 heterocycles. The van der Waals surface area contributed by atoms with Crippen molar-refractivity contribution in [3.8, 4) is 11.4 Å². The first-order valence-corrected chi connectivity index (χ1v) is 13.8. The average molecular weight is 487 g/mol. The lowest BCUT2D eigenvalue weighted by Crippen LogP contribution is -2.34. The molecule has 0 radical (unpaired) electrons. The first-order valence-electron chi connectivity index (χ1n) is 13.8. The standard InChI is InChI=1S/C30H38N4O2/c1-20-18-24(32-29(35)21-10-6-2-3-7-11-21)15-16-25(20)28-33-26-17-14-22(19-27(26)34-28)30(36)31-23-12-8-4-5-9-13-23/h14-19,21,23H,2-13H2,1H3,(H,31,36)(H,32,35)(H,33,34). The van der Waals surface area contributed by atoms with Crippen LogP contribution in [0.2, 0.25) is 0 Å². The Morgan fingerprint density at radius 3 is 2.25 bits per heavy atom. The summed E-state index contributed by atoms with van der Waals surface area (Å²) < 4.78 is 0. The van der Waals surface area contributed by atoms with Crippen LogP contribution in [0.1, 0.15) is 93.0 Å². The Morgan fingerprint density at radius 2 is 1.56 bits per heavy atom. The van der Waals surface area contributed by atoms with Gasteiger partial charge in [0.1, 0.15) is 5.82 Å². The molecule has 0 bridgehead atoms. The fourth-order valence-electron chi connectivity index (χ4n) is 5.76. The van der Waals surface area contributed by atoms with E-state index >= 15 is 0 Å². The maximum absolute atomic E-state index is 12.9. The third-order valence-corrected chi connectivity index (χ3v) is 7.91. The lowest BCUT2D eigenvalue weighted by molar-refractivity contribution is -0.120. The van der Waals surface area contributed by atoms with E-state index < -0.39 is 0 Å². The predicted octanol–water partition coefficient (Wildman–Crippen LogP) is 6.90. The number of carbonyl (C=O) groups is 2. The number of benzene rings is 2. The predicted molar refractivity (Wildman–Crippen MR) is 145 cm³/mol. The van der Waals surface area contributed by atoms with Crippen molar-refractivity contribution in [3.05, 3.63) is 47.5 Å². The Hall–Kier alpha value is -3.15. The Bertz CT molecular complexity index is 1210. The highest BCUT2D eigenvalue weighted by molar-refractivity contribution is 5.98. The second-order valence-corrected chi connectivity index (χ2v) is 10.7. The van der Waals surface area contributed by atoms with Crippen LogP contribution in [-0.2, 0) is 4.79 Å². The number of amides is 2. The zero-order chi connectivity index (χ0) is 24.9. The summed E-state index contributed by atoms with van der Waals surface area (Å²) in [7, 11) is 0. The third kappa shape index (κ3) is 5.80. The summed E-state index contributed by atoms with van der Waals surface area (Å²) in [5.41, 5.74) is 5.20. The second kappa shape index (κ2) is 11.3. The molecule has 0 unspecified atom stereocenters. The molecule has 6 heteroatoms. The molecule has 3 N–H and O–H groups in total. The van der Waals surface area contributed by atoms with Crippen LogP contribution in [0.5, 0.6) is 0 Å². The van der Waals surface area contributed by atoms with E-state index in [0.29, 0.717) is 5.56 Å². The average Bonchev–Trinajstić information content (AvgIpc) is 3.03. The molecule has 2 saturated carbocycles. The van der Waals surface area contributed by atoms with Crippen molar-refractivity contribution in [2.75, 3.05) is 5.32 Å². The van der Waals surface area contributed by atoms with Crippen molar-refractivity contribution < 1.29 is 9.59 Å². The Balaban J connectivity index is 1.28. The van der Waals surface area contributed by atoms with Gasteiger partial charge in [-0.2, -0.15) is 0 Å². The first kappa shape index (κ1) is 24.5. The van der Waals surface area contributed by atoms with Crippen LogP contribution >= 0.6 is 0 Å². The van der Waals surface area contributed by atoms with Crippen molar-refractivity contribution in [1.29, 1.82) is 0 Å². The maximum Gasteiger partial charge on any atom is 0.251 e. The van der Waals surface area contributed by atoms with Crippen LogP contribution < -0.4 is 10.6 Å². The topological polar surface area (TPSA) is 86.9 Å². The lowest BCUT2D eigenvalue weighted by atomic mass is 9.99. The molecule has 3 aromatic rings. The van der Waals surface area contributed by atoms with E-state index in [1.807, 2.05) is 43.3 Å². The number of anilines is 1. The molecule has 36 heavy (non-hydrogen) atoms. The van der Waals surface area contributed by atoms with E-state index in [4.69, 9.17) is 4.98 Å². The third-order valence-electron chi connectivity index (χ3n) is 7.91. The quantitative estimate of drug-likeness (QED) is 0.343. The van der Waals surface area contributed by atoms with Gasteiger partial charge in [0.2, 0.25) is 5.91 Å². The molecule has 6 nitrogen and oxygen atoms in total. The van der Waals surface area contributed by atoms with Crippen LogP contribution in [0.3, 0.4) is 0 Å². The van der Waals surface area contributed by atoms with E-state index in [1.165, 1.54) is 38.5 Å². The van der Waals surface area contributed by atoms with E-state index in [9.17, 15) is 9.59 Å². The molecule has 2 aliphatic carbocycles. The highest BCUT2D eigenvalue weighted by atomic mass is 16.2. The van der Waals surface area contributed by atoms with Gasteiger partial charge in [-0.25, -0.2) is 4.98 Å². The van der Waals surface area contributed by atoms with Gasteiger partial charge in [0.25, 0.3) is 5.91 Å². The number of rotatable bonds is 5. The normalized spacial score (nSPS) is 17.9. The van der Waals surface area contributed by atoms with Crippen molar-refractivity contribution >= 4 is 28.5 Å². The molecular formula is C30H38N4O2. The number of aryl methyl sites for hydroxylation is 1. The van der Waals surface area contributed by atoms with Gasteiger partial charge in [-0.05, 0) is 74.6 Å². The van der Waals surface area contributed by atoms with Crippen LogP contribution in [0.4, 0.5) is 5.69 Å². The zero-order valence-electron chi connectivity index (χ0n) is 21.4. The minimum Gasteiger partial charge on any atom is -0.349 e. The summed E-state index contributed by atoms with van der Waals surface area (Å²) in [6, 6.07) is 11.9. The number of aromatic nitrogens is 2. The summed E-state index contributed by atoms with van der Waals surface area (Å²) in [4.78, 5) is 33.8. The van der Waals surface area contributed by atoms with Crippen molar-refractivity contribution in [1.82, 2.24) is 15.3 Å². The van der Waals surface area contributed by atoms with Crippen LogP contribution in [-0.4, -0.2) is 27.8 Å². The number of carbonyl (C=O) groups excluding carboxylic acids is 2. The number of imidazole rings is 1. The van der Waals surface area contributed by atoms with Crippen molar-refractivity contribution in [2.24, 2.45) is 5.92 Å². The molecule has 2 aliphatic rings. The van der Waals surface area contributed by atoms with Crippen molar-refractivity contribution in [2.45, 2.75) is 90.0 Å². The molecule has 2 amide bonds. The molecule has 2 fully saturated rings. The molecule has 0 aliphatic heterocycles. The van der Waals surface area contributed by atoms with Crippen LogP contribution in [0.15, 0.2) is 36.4 Å². The van der Waals surface area contributed by atoms with Crippen molar-refractivity contribution in [3.63, 3.8) is 0 Å². The Morgan fingerprint density at radius 1 is 0.861 bits per heavy atom. The maximum atomic E-state index is 12.9. The van der Waals surface area contributed by atoms with Gasteiger partial charge in [0, 0.05) is 28.8 Å². The summed E-state index contributed by atoms with van der Waals surface area (Å²) in [5.74, 6) is 1.02. The lowest BCUT2D eigenvalue weighted by Gasteiger charge is -2.16. The number of fused-ring (bicyclic) bond motifs is 1.